The van der Waals surface area contributed by atoms with Gasteiger partial charge in [0.15, 0.2) is 0 Å². The number of hydrogen-bond donors (Lipinski definition) is 0. The summed E-state index contributed by atoms with van der Waals surface area (Å²) in [7, 11) is 0. The fourth-order valence-corrected chi connectivity index (χ4v) is 2.68. The fraction of sp³-hybridized carbons (Fsp3) is 0.500. The minimum Gasteiger partial charge on any atom is -0.377 e. The molecule has 0 aliphatic rings. The Morgan fingerprint density at radius 1 is 1.37 bits per heavy atom. The molecule has 3 nitrogen and oxygen atoms in total. The Hall–Kier alpha value is -0.770. The lowest BCUT2D eigenvalue weighted by molar-refractivity contribution is 0.0642. The fourth-order valence-electron chi connectivity index (χ4n) is 2.24. The van der Waals surface area contributed by atoms with Crippen LogP contribution in [-0.2, 0) is 11.3 Å². The van der Waals surface area contributed by atoms with Crippen LogP contribution in [0.1, 0.15) is 32.0 Å². The Bertz CT molecular complexity index is 566. The lowest BCUT2D eigenvalue weighted by atomic mass is 10.3. The topological polar surface area (TPSA) is 27.1 Å². The van der Waals surface area contributed by atoms with Gasteiger partial charge >= 0.3 is 0 Å². The number of fused-ring (bicyclic) bond motifs is 1. The first-order valence-electron chi connectivity index (χ1n) is 6.44. The Balaban J connectivity index is 2.51. The number of alkyl halides is 1. The molecule has 0 spiro atoms. The van der Waals surface area contributed by atoms with E-state index < -0.39 is 0 Å². The molecule has 19 heavy (non-hydrogen) atoms. The molecule has 1 aromatic heterocycles. The summed E-state index contributed by atoms with van der Waals surface area (Å²) in [4.78, 5) is 4.58. The smallest absolute Gasteiger partial charge is 0.127 e. The average Bonchev–Trinajstić information content (AvgIpc) is 2.70. The number of benzene rings is 1. The van der Waals surface area contributed by atoms with Gasteiger partial charge in [-0.05, 0) is 32.9 Å². The molecule has 0 fully saturated rings. The highest BCUT2D eigenvalue weighted by atomic mass is 35.5. The molecule has 2 atom stereocenters. The maximum Gasteiger partial charge on any atom is 0.127 e. The quantitative estimate of drug-likeness (QED) is 0.765. The van der Waals surface area contributed by atoms with Crippen molar-refractivity contribution in [3.05, 3.63) is 29.0 Å². The Kier molecular flexibility index (Phi) is 4.71. The maximum absolute atomic E-state index is 6.30. The molecule has 104 valence electrons. The molecule has 0 aliphatic carbocycles. The predicted molar refractivity (Wildman–Crippen MR) is 80.1 cm³/mol. The SMILES string of the molecule is CCOC(C)Cn1c(C(C)Cl)nc2cccc(Cl)c21. The minimum absolute atomic E-state index is 0.0906. The van der Waals surface area contributed by atoms with E-state index in [1.165, 1.54) is 0 Å². The summed E-state index contributed by atoms with van der Waals surface area (Å²) in [6, 6.07) is 5.72. The number of halogens is 2. The molecule has 0 N–H and O–H groups in total. The van der Waals surface area contributed by atoms with E-state index in [0.29, 0.717) is 18.2 Å². The molecule has 2 rings (SSSR count). The van der Waals surface area contributed by atoms with Gasteiger partial charge in [0.2, 0.25) is 0 Å². The minimum atomic E-state index is -0.169. The first-order valence-corrected chi connectivity index (χ1v) is 7.26. The first-order chi connectivity index (χ1) is 9.04. The molecule has 2 aromatic rings. The average molecular weight is 301 g/mol. The summed E-state index contributed by atoms with van der Waals surface area (Å²) < 4.78 is 7.67. The van der Waals surface area contributed by atoms with Crippen LogP contribution in [0.3, 0.4) is 0 Å². The van der Waals surface area contributed by atoms with Crippen LogP contribution in [0, 0.1) is 0 Å². The molecule has 5 heteroatoms. The summed E-state index contributed by atoms with van der Waals surface area (Å²) in [5.74, 6) is 0.830. The maximum atomic E-state index is 6.30. The molecule has 0 saturated carbocycles. The monoisotopic (exact) mass is 300 g/mol. The molecule has 0 aliphatic heterocycles. The van der Waals surface area contributed by atoms with E-state index in [1.807, 2.05) is 39.0 Å². The Morgan fingerprint density at radius 2 is 2.11 bits per heavy atom. The number of nitrogens with zero attached hydrogens (tertiary/aromatic N) is 2. The summed E-state index contributed by atoms with van der Waals surface area (Å²) in [6.45, 7) is 7.32. The largest absolute Gasteiger partial charge is 0.377 e. The van der Waals surface area contributed by atoms with Crippen LogP contribution in [0.4, 0.5) is 0 Å². The molecular formula is C14H18Cl2N2O. The summed E-state index contributed by atoms with van der Waals surface area (Å²) in [5, 5.41) is 0.523. The first kappa shape index (κ1) is 14.6. The molecule has 2 unspecified atom stereocenters. The van der Waals surface area contributed by atoms with E-state index in [9.17, 15) is 0 Å². The van der Waals surface area contributed by atoms with Gasteiger partial charge in [0.05, 0.1) is 34.1 Å². The third kappa shape index (κ3) is 3.04. The van der Waals surface area contributed by atoms with Gasteiger partial charge in [0.1, 0.15) is 5.82 Å². The van der Waals surface area contributed by atoms with Crippen LogP contribution in [0.15, 0.2) is 18.2 Å². The molecule has 0 amide bonds. The van der Waals surface area contributed by atoms with Crippen molar-refractivity contribution >= 4 is 34.2 Å². The molecule has 1 heterocycles. The van der Waals surface area contributed by atoms with Gasteiger partial charge in [-0.3, -0.25) is 0 Å². The van der Waals surface area contributed by atoms with Gasteiger partial charge in [0, 0.05) is 6.61 Å². The highest BCUT2D eigenvalue weighted by Gasteiger charge is 2.18. The van der Waals surface area contributed by atoms with E-state index in [1.54, 1.807) is 0 Å². The third-order valence-electron chi connectivity index (χ3n) is 2.99. The number of rotatable bonds is 5. The zero-order chi connectivity index (χ0) is 14.0. The van der Waals surface area contributed by atoms with Crippen LogP contribution in [0.2, 0.25) is 5.02 Å². The van der Waals surface area contributed by atoms with E-state index >= 15 is 0 Å². The molecule has 0 bridgehead atoms. The van der Waals surface area contributed by atoms with Crippen LogP contribution in [0.25, 0.3) is 11.0 Å². The number of imidazole rings is 1. The van der Waals surface area contributed by atoms with Gasteiger partial charge in [-0.25, -0.2) is 4.98 Å². The lowest BCUT2D eigenvalue weighted by Gasteiger charge is -2.16. The van der Waals surface area contributed by atoms with Crippen LogP contribution in [-0.4, -0.2) is 22.3 Å². The van der Waals surface area contributed by atoms with E-state index in [2.05, 4.69) is 9.55 Å². The van der Waals surface area contributed by atoms with E-state index in [-0.39, 0.29) is 11.5 Å². The van der Waals surface area contributed by atoms with Crippen molar-refractivity contribution in [1.82, 2.24) is 9.55 Å². The molecular weight excluding hydrogens is 283 g/mol. The highest BCUT2D eigenvalue weighted by Crippen LogP contribution is 2.29. The normalized spacial score (nSPS) is 14.8. The lowest BCUT2D eigenvalue weighted by Crippen LogP contribution is -2.18. The number of hydrogen-bond acceptors (Lipinski definition) is 2. The van der Waals surface area contributed by atoms with E-state index in [0.717, 1.165) is 16.9 Å². The van der Waals surface area contributed by atoms with Crippen molar-refractivity contribution in [3.63, 3.8) is 0 Å². The second-order valence-electron chi connectivity index (χ2n) is 4.57. The Morgan fingerprint density at radius 3 is 2.74 bits per heavy atom. The summed E-state index contributed by atoms with van der Waals surface area (Å²) in [6.07, 6.45) is 0.0906. The second kappa shape index (κ2) is 6.12. The van der Waals surface area contributed by atoms with Crippen molar-refractivity contribution in [3.8, 4) is 0 Å². The summed E-state index contributed by atoms with van der Waals surface area (Å²) in [5.41, 5.74) is 1.80. The standard InChI is InChI=1S/C14H18Cl2N2O/c1-4-19-9(2)8-18-13-11(16)6-5-7-12(13)17-14(18)10(3)15/h5-7,9-10H,4,8H2,1-3H3. The molecule has 1 aromatic carbocycles. The van der Waals surface area contributed by atoms with Gasteiger partial charge in [0.25, 0.3) is 0 Å². The highest BCUT2D eigenvalue weighted by molar-refractivity contribution is 6.35. The van der Waals surface area contributed by atoms with Crippen molar-refractivity contribution in [2.45, 2.75) is 38.8 Å². The van der Waals surface area contributed by atoms with Crippen molar-refractivity contribution < 1.29 is 4.74 Å². The number of ether oxygens (including phenoxy) is 1. The zero-order valence-electron chi connectivity index (χ0n) is 11.4. The van der Waals surface area contributed by atoms with Gasteiger partial charge in [-0.2, -0.15) is 0 Å². The van der Waals surface area contributed by atoms with Crippen molar-refractivity contribution in [2.24, 2.45) is 0 Å². The van der Waals surface area contributed by atoms with Crippen LogP contribution < -0.4 is 0 Å². The predicted octanol–water partition coefficient (Wildman–Crippen LogP) is 4.41. The molecule has 0 saturated heterocycles. The molecule has 0 radical (unpaired) electrons. The second-order valence-corrected chi connectivity index (χ2v) is 5.63. The Labute approximate surface area is 123 Å². The van der Waals surface area contributed by atoms with Crippen molar-refractivity contribution in [1.29, 1.82) is 0 Å². The van der Waals surface area contributed by atoms with Gasteiger partial charge in [-0.1, -0.05) is 17.7 Å². The van der Waals surface area contributed by atoms with E-state index in [4.69, 9.17) is 27.9 Å². The van der Waals surface area contributed by atoms with Crippen LogP contribution >= 0.6 is 23.2 Å². The summed E-state index contributed by atoms with van der Waals surface area (Å²) >= 11 is 12.5. The van der Waals surface area contributed by atoms with Gasteiger partial charge < -0.3 is 9.30 Å². The number of aromatic nitrogens is 2. The third-order valence-corrected chi connectivity index (χ3v) is 3.49. The number of para-hydroxylation sites is 1. The van der Waals surface area contributed by atoms with Crippen molar-refractivity contribution in [2.75, 3.05) is 6.61 Å². The van der Waals surface area contributed by atoms with Crippen LogP contribution in [0.5, 0.6) is 0 Å². The van der Waals surface area contributed by atoms with Gasteiger partial charge in [-0.15, -0.1) is 11.6 Å². The zero-order valence-corrected chi connectivity index (χ0v) is 12.9.